The fourth-order valence-corrected chi connectivity index (χ4v) is 2.74. The van der Waals surface area contributed by atoms with Crippen molar-refractivity contribution >= 4 is 0 Å². The smallest absolute Gasteiger partial charge is 0.0650 e. The summed E-state index contributed by atoms with van der Waals surface area (Å²) in [5.74, 6) is 5.73. The summed E-state index contributed by atoms with van der Waals surface area (Å²) in [6, 6.07) is 0.200. The van der Waals surface area contributed by atoms with Gasteiger partial charge in [-0.15, -0.1) is 0 Å². The number of rotatable bonds is 7. The Balaban J connectivity index is 2.68. The molecule has 0 aromatic rings. The SMILES string of the molecule is CCOCC(NN)C(C)(CC)N1CCCCC1. The highest BCUT2D eigenvalue weighted by molar-refractivity contribution is 4.96. The van der Waals surface area contributed by atoms with Gasteiger partial charge in [0.1, 0.15) is 0 Å². The number of nitrogens with zero attached hydrogens (tertiary/aromatic N) is 1. The molecular formula is C13H29N3O. The third-order valence-corrected chi connectivity index (χ3v) is 4.23. The van der Waals surface area contributed by atoms with Gasteiger partial charge in [-0.05, 0) is 46.2 Å². The van der Waals surface area contributed by atoms with Crippen molar-refractivity contribution in [3.05, 3.63) is 0 Å². The van der Waals surface area contributed by atoms with E-state index in [1.807, 2.05) is 6.92 Å². The minimum Gasteiger partial charge on any atom is -0.380 e. The quantitative estimate of drug-likeness (QED) is 0.526. The number of hydrogen-bond acceptors (Lipinski definition) is 4. The van der Waals surface area contributed by atoms with Crippen LogP contribution in [0.4, 0.5) is 0 Å². The minimum absolute atomic E-state index is 0.102. The van der Waals surface area contributed by atoms with Crippen molar-refractivity contribution in [3.8, 4) is 0 Å². The number of nitrogens with one attached hydrogen (secondary N) is 1. The Morgan fingerprint density at radius 1 is 1.29 bits per heavy atom. The van der Waals surface area contributed by atoms with E-state index in [-0.39, 0.29) is 11.6 Å². The molecule has 102 valence electrons. The van der Waals surface area contributed by atoms with Gasteiger partial charge in [-0.3, -0.25) is 16.2 Å². The van der Waals surface area contributed by atoms with Crippen molar-refractivity contribution in [2.24, 2.45) is 5.84 Å². The third kappa shape index (κ3) is 3.65. The second-order valence-electron chi connectivity index (χ2n) is 5.14. The summed E-state index contributed by atoms with van der Waals surface area (Å²) in [5, 5.41) is 0. The lowest BCUT2D eigenvalue weighted by Crippen LogP contribution is -2.63. The summed E-state index contributed by atoms with van der Waals surface area (Å²) in [6.45, 7) is 10.4. The van der Waals surface area contributed by atoms with E-state index >= 15 is 0 Å². The average molecular weight is 243 g/mol. The van der Waals surface area contributed by atoms with Gasteiger partial charge in [0, 0.05) is 12.1 Å². The predicted molar refractivity (Wildman–Crippen MR) is 71.7 cm³/mol. The number of ether oxygens (including phenoxy) is 1. The zero-order valence-electron chi connectivity index (χ0n) is 11.7. The molecule has 2 atom stereocenters. The lowest BCUT2D eigenvalue weighted by atomic mass is 9.86. The molecule has 0 aliphatic carbocycles. The molecule has 17 heavy (non-hydrogen) atoms. The summed E-state index contributed by atoms with van der Waals surface area (Å²) >= 11 is 0. The molecule has 0 radical (unpaired) electrons. The van der Waals surface area contributed by atoms with Crippen LogP contribution in [0.5, 0.6) is 0 Å². The van der Waals surface area contributed by atoms with Crippen molar-refractivity contribution in [2.45, 2.75) is 58.0 Å². The Labute approximate surface area is 106 Å². The number of nitrogens with two attached hydrogens (primary N) is 1. The van der Waals surface area contributed by atoms with Crippen LogP contribution in [0.25, 0.3) is 0 Å². The molecule has 1 aliphatic heterocycles. The highest BCUT2D eigenvalue weighted by Gasteiger charge is 2.38. The molecule has 1 saturated heterocycles. The standard InChI is InChI=1S/C13H29N3O/c1-4-13(3,12(15-14)11-17-5-2)16-9-7-6-8-10-16/h12,15H,4-11,14H2,1-3H3. The van der Waals surface area contributed by atoms with Gasteiger partial charge in [-0.2, -0.15) is 0 Å². The summed E-state index contributed by atoms with van der Waals surface area (Å²) in [4.78, 5) is 2.58. The van der Waals surface area contributed by atoms with Gasteiger partial charge in [0.15, 0.2) is 0 Å². The maximum absolute atomic E-state index is 5.73. The van der Waals surface area contributed by atoms with E-state index in [0.717, 1.165) is 13.0 Å². The van der Waals surface area contributed by atoms with E-state index in [1.165, 1.54) is 32.4 Å². The maximum atomic E-state index is 5.73. The molecule has 0 aromatic heterocycles. The Morgan fingerprint density at radius 2 is 1.94 bits per heavy atom. The van der Waals surface area contributed by atoms with Gasteiger partial charge in [0.2, 0.25) is 0 Å². The van der Waals surface area contributed by atoms with E-state index < -0.39 is 0 Å². The molecule has 1 fully saturated rings. The van der Waals surface area contributed by atoms with Crippen molar-refractivity contribution in [1.82, 2.24) is 10.3 Å². The van der Waals surface area contributed by atoms with E-state index in [2.05, 4.69) is 24.2 Å². The van der Waals surface area contributed by atoms with E-state index in [0.29, 0.717) is 6.61 Å². The zero-order valence-corrected chi connectivity index (χ0v) is 11.7. The highest BCUT2D eigenvalue weighted by atomic mass is 16.5. The molecule has 0 aromatic carbocycles. The van der Waals surface area contributed by atoms with Gasteiger partial charge in [-0.25, -0.2) is 0 Å². The van der Waals surface area contributed by atoms with Gasteiger partial charge in [0.05, 0.1) is 12.6 Å². The Morgan fingerprint density at radius 3 is 2.41 bits per heavy atom. The number of hydrogen-bond donors (Lipinski definition) is 2. The zero-order chi connectivity index (χ0) is 12.7. The average Bonchev–Trinajstić information content (AvgIpc) is 2.40. The van der Waals surface area contributed by atoms with Gasteiger partial charge < -0.3 is 4.74 Å². The second-order valence-corrected chi connectivity index (χ2v) is 5.14. The first kappa shape index (κ1) is 14.9. The van der Waals surface area contributed by atoms with Crippen molar-refractivity contribution < 1.29 is 4.74 Å². The van der Waals surface area contributed by atoms with Crippen molar-refractivity contribution in [3.63, 3.8) is 0 Å². The normalized spacial score (nSPS) is 23.3. The summed E-state index contributed by atoms with van der Waals surface area (Å²) in [5.41, 5.74) is 3.06. The van der Waals surface area contributed by atoms with Crippen LogP contribution in [0.1, 0.15) is 46.5 Å². The largest absolute Gasteiger partial charge is 0.380 e. The van der Waals surface area contributed by atoms with Crippen LogP contribution in [0, 0.1) is 0 Å². The van der Waals surface area contributed by atoms with Gasteiger partial charge in [-0.1, -0.05) is 13.3 Å². The summed E-state index contributed by atoms with van der Waals surface area (Å²) < 4.78 is 5.56. The molecule has 4 heteroatoms. The Hall–Kier alpha value is -0.160. The Kier molecular flexibility index (Phi) is 6.41. The molecule has 0 spiro atoms. The Bertz CT molecular complexity index is 207. The van der Waals surface area contributed by atoms with Crippen LogP contribution in [-0.2, 0) is 4.74 Å². The van der Waals surface area contributed by atoms with Crippen molar-refractivity contribution in [2.75, 3.05) is 26.3 Å². The predicted octanol–water partition coefficient (Wildman–Crippen LogP) is 1.51. The summed E-state index contributed by atoms with van der Waals surface area (Å²) in [6.07, 6.45) is 5.07. The molecule has 1 heterocycles. The first-order valence-electron chi connectivity index (χ1n) is 6.98. The van der Waals surface area contributed by atoms with Crippen LogP contribution >= 0.6 is 0 Å². The van der Waals surface area contributed by atoms with E-state index in [4.69, 9.17) is 10.6 Å². The highest BCUT2D eigenvalue weighted by Crippen LogP contribution is 2.27. The number of piperidine rings is 1. The first-order chi connectivity index (χ1) is 8.19. The van der Waals surface area contributed by atoms with Crippen LogP contribution in [0.2, 0.25) is 0 Å². The molecule has 1 rings (SSSR count). The van der Waals surface area contributed by atoms with E-state index in [1.54, 1.807) is 0 Å². The molecule has 1 aliphatic rings. The maximum Gasteiger partial charge on any atom is 0.0650 e. The van der Waals surface area contributed by atoms with Crippen LogP contribution < -0.4 is 11.3 Å². The molecule has 3 N–H and O–H groups in total. The first-order valence-corrected chi connectivity index (χ1v) is 6.98. The lowest BCUT2D eigenvalue weighted by molar-refractivity contribution is 0.00508. The van der Waals surface area contributed by atoms with Crippen LogP contribution in [0.15, 0.2) is 0 Å². The summed E-state index contributed by atoms with van der Waals surface area (Å²) in [7, 11) is 0. The van der Waals surface area contributed by atoms with Crippen LogP contribution in [0.3, 0.4) is 0 Å². The second kappa shape index (κ2) is 7.31. The van der Waals surface area contributed by atoms with Crippen molar-refractivity contribution in [1.29, 1.82) is 0 Å². The number of hydrazine groups is 1. The molecule has 4 nitrogen and oxygen atoms in total. The fourth-order valence-electron chi connectivity index (χ4n) is 2.74. The topological polar surface area (TPSA) is 50.5 Å². The molecule has 0 amide bonds. The molecule has 0 bridgehead atoms. The third-order valence-electron chi connectivity index (χ3n) is 4.23. The van der Waals surface area contributed by atoms with Gasteiger partial charge >= 0.3 is 0 Å². The van der Waals surface area contributed by atoms with Gasteiger partial charge in [0.25, 0.3) is 0 Å². The number of likely N-dealkylation sites (tertiary alicyclic amines) is 1. The molecule has 0 saturated carbocycles. The molecular weight excluding hydrogens is 214 g/mol. The van der Waals surface area contributed by atoms with Crippen LogP contribution in [-0.4, -0.2) is 42.8 Å². The lowest BCUT2D eigenvalue weighted by Gasteiger charge is -2.47. The minimum atomic E-state index is 0.102. The monoisotopic (exact) mass is 243 g/mol. The molecule has 2 unspecified atom stereocenters. The fraction of sp³-hybridized carbons (Fsp3) is 1.00. The van der Waals surface area contributed by atoms with E-state index in [9.17, 15) is 0 Å².